The fourth-order valence-electron chi connectivity index (χ4n) is 2.32. The predicted octanol–water partition coefficient (Wildman–Crippen LogP) is 4.13. The number of nitriles is 1. The van der Waals surface area contributed by atoms with E-state index in [1.54, 1.807) is 0 Å². The maximum Gasteiger partial charge on any atom is 0.0635 e. The largest absolute Gasteiger partial charge is 0.299 e. The Balaban J connectivity index is 1.89. The van der Waals surface area contributed by atoms with Crippen LogP contribution in [0.4, 0.5) is 0 Å². The van der Waals surface area contributed by atoms with E-state index >= 15 is 0 Å². The molecule has 0 unspecified atom stereocenters. The minimum Gasteiger partial charge on any atom is -0.299 e. The van der Waals surface area contributed by atoms with Crippen molar-refractivity contribution in [2.24, 2.45) is 0 Å². The third-order valence-electron chi connectivity index (χ3n) is 3.44. The van der Waals surface area contributed by atoms with Gasteiger partial charge in [0.25, 0.3) is 0 Å². The molecule has 0 N–H and O–H groups in total. The Morgan fingerprint density at radius 3 is 2.72 bits per heavy atom. The topological polar surface area (TPSA) is 27.0 Å². The third-order valence-corrected chi connectivity index (χ3v) is 5.40. The molecule has 0 radical (unpaired) electrons. The second kappa shape index (κ2) is 6.36. The Morgan fingerprint density at radius 2 is 2.11 bits per heavy atom. The van der Waals surface area contributed by atoms with Gasteiger partial charge in [0, 0.05) is 20.9 Å². The molecule has 96 valence electrons. The minimum absolute atomic E-state index is 0.209. The lowest BCUT2D eigenvalue weighted by atomic mass is 9.94. The van der Waals surface area contributed by atoms with Crippen LogP contribution in [0.2, 0.25) is 0 Å². The average molecular weight is 419 g/mol. The molecule has 0 saturated carbocycles. The highest BCUT2D eigenvalue weighted by Crippen LogP contribution is 2.35. The van der Waals surface area contributed by atoms with Gasteiger partial charge in [-0.3, -0.25) is 4.90 Å². The monoisotopic (exact) mass is 418 g/mol. The van der Waals surface area contributed by atoms with Crippen LogP contribution in [0.15, 0.2) is 28.7 Å². The van der Waals surface area contributed by atoms with Crippen LogP contribution in [-0.4, -0.2) is 21.4 Å². The highest BCUT2D eigenvalue weighted by molar-refractivity contribution is 14.1. The first-order valence-electron chi connectivity index (χ1n) is 6.14. The van der Waals surface area contributed by atoms with Gasteiger partial charge < -0.3 is 0 Å². The summed E-state index contributed by atoms with van der Waals surface area (Å²) < 4.78 is 1.35. The van der Waals surface area contributed by atoms with Crippen LogP contribution < -0.4 is 0 Å². The zero-order valence-corrected chi connectivity index (χ0v) is 13.9. The van der Waals surface area contributed by atoms with Gasteiger partial charge >= 0.3 is 0 Å². The SMILES string of the molecule is N#CCC1(I)CCN(Cc2cccc(Br)c2)CC1. The quantitative estimate of drug-likeness (QED) is 0.545. The van der Waals surface area contributed by atoms with Crippen molar-refractivity contribution < 1.29 is 0 Å². The number of rotatable bonds is 3. The molecule has 1 heterocycles. The summed E-state index contributed by atoms with van der Waals surface area (Å²) in [7, 11) is 0. The standard InChI is InChI=1S/C14H16BrIN2/c15-13-3-1-2-12(10-13)11-18-8-5-14(16,4-7-17)6-9-18/h1-3,10H,4-6,8-9,11H2. The molecule has 1 aliphatic heterocycles. The Morgan fingerprint density at radius 1 is 1.39 bits per heavy atom. The van der Waals surface area contributed by atoms with Gasteiger partial charge in [-0.25, -0.2) is 0 Å². The molecule has 0 aliphatic carbocycles. The summed E-state index contributed by atoms with van der Waals surface area (Å²) in [6.45, 7) is 3.20. The van der Waals surface area contributed by atoms with E-state index in [1.807, 2.05) is 0 Å². The Labute approximate surface area is 131 Å². The van der Waals surface area contributed by atoms with Gasteiger partial charge in [-0.05, 0) is 43.6 Å². The Hall–Kier alpha value is -0.120. The summed E-state index contributed by atoms with van der Waals surface area (Å²) in [5.74, 6) is 0. The summed E-state index contributed by atoms with van der Waals surface area (Å²) in [5, 5.41) is 8.84. The van der Waals surface area contributed by atoms with Crippen molar-refractivity contribution in [1.82, 2.24) is 4.90 Å². The fourth-order valence-corrected chi connectivity index (χ4v) is 3.42. The van der Waals surface area contributed by atoms with E-state index < -0.39 is 0 Å². The molecule has 1 aliphatic rings. The lowest BCUT2D eigenvalue weighted by molar-refractivity contribution is 0.199. The summed E-state index contributed by atoms with van der Waals surface area (Å²) in [6.07, 6.45) is 2.92. The van der Waals surface area contributed by atoms with Crippen molar-refractivity contribution in [3.63, 3.8) is 0 Å². The average Bonchev–Trinajstić information content (AvgIpc) is 2.33. The van der Waals surface area contributed by atoms with Crippen LogP contribution >= 0.6 is 38.5 Å². The second-order valence-corrected chi connectivity index (χ2v) is 8.10. The van der Waals surface area contributed by atoms with E-state index in [1.165, 1.54) is 5.56 Å². The van der Waals surface area contributed by atoms with E-state index in [4.69, 9.17) is 5.26 Å². The molecular formula is C14H16BrIN2. The molecule has 0 aromatic heterocycles. The van der Waals surface area contributed by atoms with E-state index in [9.17, 15) is 0 Å². The van der Waals surface area contributed by atoms with Gasteiger partial charge in [0.15, 0.2) is 0 Å². The molecular weight excluding hydrogens is 403 g/mol. The molecule has 1 aromatic rings. The van der Waals surface area contributed by atoms with Crippen molar-refractivity contribution in [2.45, 2.75) is 29.2 Å². The van der Waals surface area contributed by atoms with Crippen LogP contribution in [0.1, 0.15) is 24.8 Å². The maximum absolute atomic E-state index is 8.84. The summed E-state index contributed by atoms with van der Waals surface area (Å²) in [4.78, 5) is 2.48. The molecule has 0 atom stereocenters. The van der Waals surface area contributed by atoms with Gasteiger partial charge in [0.05, 0.1) is 6.07 Å². The van der Waals surface area contributed by atoms with E-state index in [2.05, 4.69) is 73.8 Å². The summed E-state index contributed by atoms with van der Waals surface area (Å²) in [5.41, 5.74) is 1.35. The number of alkyl halides is 1. The molecule has 2 nitrogen and oxygen atoms in total. The molecule has 2 rings (SSSR count). The highest BCUT2D eigenvalue weighted by Gasteiger charge is 2.31. The van der Waals surface area contributed by atoms with Crippen molar-refractivity contribution >= 4 is 38.5 Å². The lowest BCUT2D eigenvalue weighted by Crippen LogP contribution is -2.40. The normalized spacial score (nSPS) is 19.4. The van der Waals surface area contributed by atoms with Gasteiger partial charge in [-0.15, -0.1) is 0 Å². The molecule has 4 heteroatoms. The minimum atomic E-state index is 0.209. The van der Waals surface area contributed by atoms with Crippen molar-refractivity contribution in [3.05, 3.63) is 34.3 Å². The lowest BCUT2D eigenvalue weighted by Gasteiger charge is -2.36. The zero-order chi connectivity index (χ0) is 13.0. The number of piperidine rings is 1. The van der Waals surface area contributed by atoms with Crippen LogP contribution in [0.25, 0.3) is 0 Å². The van der Waals surface area contributed by atoms with E-state index in [0.29, 0.717) is 6.42 Å². The van der Waals surface area contributed by atoms with E-state index in [0.717, 1.165) is 36.9 Å². The van der Waals surface area contributed by atoms with Crippen LogP contribution in [-0.2, 0) is 6.54 Å². The van der Waals surface area contributed by atoms with Gasteiger partial charge in [-0.1, -0.05) is 50.7 Å². The summed E-state index contributed by atoms with van der Waals surface area (Å²) >= 11 is 5.99. The van der Waals surface area contributed by atoms with Gasteiger partial charge in [0.1, 0.15) is 0 Å². The number of nitrogens with zero attached hydrogens (tertiary/aromatic N) is 2. The maximum atomic E-state index is 8.84. The first kappa shape index (κ1) is 14.3. The van der Waals surface area contributed by atoms with Crippen LogP contribution in [0.3, 0.4) is 0 Å². The van der Waals surface area contributed by atoms with Crippen molar-refractivity contribution in [2.75, 3.05) is 13.1 Å². The molecule has 0 spiro atoms. The molecule has 18 heavy (non-hydrogen) atoms. The van der Waals surface area contributed by atoms with Gasteiger partial charge in [0.2, 0.25) is 0 Å². The molecule has 1 fully saturated rings. The van der Waals surface area contributed by atoms with E-state index in [-0.39, 0.29) is 3.42 Å². The van der Waals surface area contributed by atoms with Crippen molar-refractivity contribution in [3.8, 4) is 6.07 Å². The number of likely N-dealkylation sites (tertiary alicyclic amines) is 1. The number of halogens is 2. The Kier molecular flexibility index (Phi) is 5.05. The number of benzene rings is 1. The smallest absolute Gasteiger partial charge is 0.0635 e. The predicted molar refractivity (Wildman–Crippen MR) is 85.6 cm³/mol. The Bertz CT molecular complexity index is 447. The first-order chi connectivity index (χ1) is 8.61. The molecule has 0 bridgehead atoms. The van der Waals surface area contributed by atoms with Crippen LogP contribution in [0, 0.1) is 11.3 Å². The second-order valence-electron chi connectivity index (χ2n) is 4.89. The number of hydrogen-bond acceptors (Lipinski definition) is 2. The molecule has 0 amide bonds. The fraction of sp³-hybridized carbons (Fsp3) is 0.500. The highest BCUT2D eigenvalue weighted by atomic mass is 127. The molecule has 1 aromatic carbocycles. The third kappa shape index (κ3) is 3.94. The summed E-state index contributed by atoms with van der Waals surface area (Å²) in [6, 6.07) is 10.8. The zero-order valence-electron chi connectivity index (χ0n) is 10.2. The number of hydrogen-bond donors (Lipinski definition) is 0. The molecule has 1 saturated heterocycles. The van der Waals surface area contributed by atoms with Crippen molar-refractivity contribution in [1.29, 1.82) is 5.26 Å². The van der Waals surface area contributed by atoms with Gasteiger partial charge in [-0.2, -0.15) is 5.26 Å². The first-order valence-corrected chi connectivity index (χ1v) is 8.01. The van der Waals surface area contributed by atoms with Crippen LogP contribution in [0.5, 0.6) is 0 Å².